The maximum Gasteiger partial charge on any atom is 0.356 e. The van der Waals surface area contributed by atoms with Gasteiger partial charge in [-0.05, 0) is 32.6 Å². The van der Waals surface area contributed by atoms with Gasteiger partial charge in [0, 0.05) is 48.6 Å². The first-order valence-electron chi connectivity index (χ1n) is 9.10. The van der Waals surface area contributed by atoms with Gasteiger partial charge in [0.15, 0.2) is 5.69 Å². The van der Waals surface area contributed by atoms with Crippen LogP contribution in [0.5, 0.6) is 0 Å². The molecule has 140 valence electrons. The molecule has 0 saturated carbocycles. The zero-order valence-electron chi connectivity index (χ0n) is 15.2. The topological polar surface area (TPSA) is 113 Å². The normalized spacial score (nSPS) is 16.5. The number of nitrogens with zero attached hydrogens (tertiary/aromatic N) is 3. The molecule has 8 heteroatoms. The number of carbonyl (C=O) groups is 1. The van der Waals surface area contributed by atoms with Gasteiger partial charge in [-0.2, -0.15) is 5.10 Å². The number of fused-ring (bicyclic) bond motifs is 1. The number of H-pyrrole nitrogens is 1. The number of aromatic nitrogens is 4. The summed E-state index contributed by atoms with van der Waals surface area (Å²) in [5.41, 5.74) is 2.74. The average molecular weight is 359 g/mol. The first kappa shape index (κ1) is 18.3. The number of aromatic carboxylic acids is 1. The van der Waals surface area contributed by atoms with Crippen molar-refractivity contribution in [2.75, 3.05) is 6.54 Å². The zero-order chi connectivity index (χ0) is 18.7. The lowest BCUT2D eigenvalue weighted by molar-refractivity contribution is 0.0688. The van der Waals surface area contributed by atoms with Gasteiger partial charge in [0.2, 0.25) is 0 Å². The number of hydrogen-bond acceptors (Lipinski definition) is 5. The Kier molecular flexibility index (Phi) is 5.51. The summed E-state index contributed by atoms with van der Waals surface area (Å²) in [5, 5.41) is 17.2. The maximum atomic E-state index is 11.5. The number of rotatable bonds is 7. The Morgan fingerprint density at radius 3 is 3.00 bits per heavy atom. The standard InChI is InChI=1S/C18H25N5O3/c1-3-8-23-15-5-4-12(9-14(15)17(22-23)18(25)26)19-7-6-13-10-16(24)21-11(2)20-13/h10,12,19H,3-9H2,1-2H3,(H,25,26)(H,20,21,24). The van der Waals surface area contributed by atoms with Crippen molar-refractivity contribution in [1.82, 2.24) is 25.1 Å². The molecule has 0 fully saturated rings. The van der Waals surface area contributed by atoms with E-state index in [1.54, 1.807) is 6.92 Å². The van der Waals surface area contributed by atoms with Crippen LogP contribution in [0.25, 0.3) is 0 Å². The Labute approximate surface area is 151 Å². The summed E-state index contributed by atoms with van der Waals surface area (Å²) < 4.78 is 1.86. The highest BCUT2D eigenvalue weighted by molar-refractivity contribution is 5.87. The Balaban J connectivity index is 1.64. The molecule has 0 aromatic carbocycles. The molecule has 3 N–H and O–H groups in total. The molecule has 0 spiro atoms. The lowest BCUT2D eigenvalue weighted by Crippen LogP contribution is -2.36. The van der Waals surface area contributed by atoms with E-state index in [0.717, 1.165) is 42.8 Å². The predicted molar refractivity (Wildman–Crippen MR) is 96.6 cm³/mol. The van der Waals surface area contributed by atoms with Gasteiger partial charge in [-0.15, -0.1) is 0 Å². The summed E-state index contributed by atoms with van der Waals surface area (Å²) in [7, 11) is 0. The van der Waals surface area contributed by atoms with Gasteiger partial charge in [0.25, 0.3) is 5.56 Å². The van der Waals surface area contributed by atoms with Crippen molar-refractivity contribution in [2.45, 2.75) is 58.5 Å². The van der Waals surface area contributed by atoms with Gasteiger partial charge >= 0.3 is 5.97 Å². The molecule has 0 radical (unpaired) electrons. The van der Waals surface area contributed by atoms with Gasteiger partial charge < -0.3 is 15.4 Å². The molecule has 0 amide bonds. The van der Waals surface area contributed by atoms with Crippen LogP contribution < -0.4 is 10.9 Å². The van der Waals surface area contributed by atoms with Crippen molar-refractivity contribution < 1.29 is 9.90 Å². The zero-order valence-corrected chi connectivity index (χ0v) is 15.2. The Morgan fingerprint density at radius 1 is 1.50 bits per heavy atom. The number of aromatic amines is 1. The third kappa shape index (κ3) is 4.01. The highest BCUT2D eigenvalue weighted by atomic mass is 16.4. The number of carboxylic acid groups (broad SMARTS) is 1. The van der Waals surface area contributed by atoms with Gasteiger partial charge in [-0.1, -0.05) is 6.92 Å². The van der Waals surface area contributed by atoms with Gasteiger partial charge in [0.05, 0.1) is 0 Å². The van der Waals surface area contributed by atoms with E-state index in [2.05, 4.69) is 27.3 Å². The Bertz CT molecular complexity index is 855. The predicted octanol–water partition coefficient (Wildman–Crippen LogP) is 1.07. The van der Waals surface area contributed by atoms with Crippen molar-refractivity contribution in [2.24, 2.45) is 0 Å². The fourth-order valence-electron chi connectivity index (χ4n) is 3.60. The van der Waals surface area contributed by atoms with E-state index in [0.29, 0.717) is 25.2 Å². The third-order valence-corrected chi connectivity index (χ3v) is 4.71. The van der Waals surface area contributed by atoms with Crippen molar-refractivity contribution in [3.63, 3.8) is 0 Å². The van der Waals surface area contributed by atoms with Gasteiger partial charge in [0.1, 0.15) is 5.82 Å². The summed E-state index contributed by atoms with van der Waals surface area (Å²) in [5.74, 6) is -0.343. The molecule has 1 aliphatic carbocycles. The number of hydrogen-bond donors (Lipinski definition) is 3. The van der Waals surface area contributed by atoms with Crippen LogP contribution in [0.1, 0.15) is 53.0 Å². The van der Waals surface area contributed by atoms with E-state index >= 15 is 0 Å². The highest BCUT2D eigenvalue weighted by Crippen LogP contribution is 2.25. The number of nitrogens with one attached hydrogen (secondary N) is 2. The van der Waals surface area contributed by atoms with Crippen molar-refractivity contribution >= 4 is 5.97 Å². The largest absolute Gasteiger partial charge is 0.476 e. The van der Waals surface area contributed by atoms with Crippen LogP contribution in [0, 0.1) is 6.92 Å². The molecule has 1 unspecified atom stereocenters. The lowest BCUT2D eigenvalue weighted by atomic mass is 9.91. The summed E-state index contributed by atoms with van der Waals surface area (Å²) >= 11 is 0. The Morgan fingerprint density at radius 2 is 2.31 bits per heavy atom. The molecule has 1 atom stereocenters. The van der Waals surface area contributed by atoms with Crippen LogP contribution in [0.15, 0.2) is 10.9 Å². The molecule has 0 bridgehead atoms. The Hall–Kier alpha value is -2.48. The fraction of sp³-hybridized carbons (Fsp3) is 0.556. The minimum atomic E-state index is -0.958. The summed E-state index contributed by atoms with van der Waals surface area (Å²) in [6, 6.07) is 1.73. The molecule has 1 aliphatic rings. The van der Waals surface area contributed by atoms with Crippen LogP contribution in [-0.4, -0.2) is 43.4 Å². The SMILES string of the molecule is CCCn1nc(C(=O)O)c2c1CCC(NCCc1cc(=O)[nH]c(C)n1)C2. The van der Waals surface area contributed by atoms with E-state index in [1.165, 1.54) is 6.07 Å². The fourth-order valence-corrected chi connectivity index (χ4v) is 3.60. The molecule has 26 heavy (non-hydrogen) atoms. The minimum absolute atomic E-state index is 0.135. The van der Waals surface area contributed by atoms with Crippen molar-refractivity contribution in [3.05, 3.63) is 44.9 Å². The van der Waals surface area contributed by atoms with Crippen molar-refractivity contribution in [1.29, 1.82) is 0 Å². The molecule has 8 nitrogen and oxygen atoms in total. The lowest BCUT2D eigenvalue weighted by Gasteiger charge is -2.24. The summed E-state index contributed by atoms with van der Waals surface area (Å²) in [4.78, 5) is 30.0. The molecule has 0 aliphatic heterocycles. The maximum absolute atomic E-state index is 11.5. The van der Waals surface area contributed by atoms with E-state index in [9.17, 15) is 14.7 Å². The summed E-state index contributed by atoms with van der Waals surface area (Å²) in [6.07, 6.45) is 4.04. The van der Waals surface area contributed by atoms with Crippen LogP contribution >= 0.6 is 0 Å². The van der Waals surface area contributed by atoms with E-state index in [1.807, 2.05) is 4.68 Å². The van der Waals surface area contributed by atoms with Gasteiger partial charge in [-0.25, -0.2) is 9.78 Å². The monoisotopic (exact) mass is 359 g/mol. The van der Waals surface area contributed by atoms with Gasteiger partial charge in [-0.3, -0.25) is 9.48 Å². The van der Waals surface area contributed by atoms with E-state index in [4.69, 9.17) is 0 Å². The van der Waals surface area contributed by atoms with Crippen LogP contribution in [0.2, 0.25) is 0 Å². The quantitative estimate of drug-likeness (QED) is 0.682. The smallest absolute Gasteiger partial charge is 0.356 e. The van der Waals surface area contributed by atoms with E-state index in [-0.39, 0.29) is 17.3 Å². The molecule has 2 heterocycles. The van der Waals surface area contributed by atoms with Crippen LogP contribution in [0.4, 0.5) is 0 Å². The summed E-state index contributed by atoms with van der Waals surface area (Å²) in [6.45, 7) is 5.27. The van der Waals surface area contributed by atoms with Crippen LogP contribution in [-0.2, 0) is 25.8 Å². The number of carboxylic acids is 1. The molecule has 0 saturated heterocycles. The molecular weight excluding hydrogens is 334 g/mol. The second-order valence-corrected chi connectivity index (χ2v) is 6.77. The second kappa shape index (κ2) is 7.82. The second-order valence-electron chi connectivity index (χ2n) is 6.77. The first-order chi connectivity index (χ1) is 12.5. The molecule has 2 aromatic heterocycles. The van der Waals surface area contributed by atoms with Crippen LogP contribution in [0.3, 0.4) is 0 Å². The minimum Gasteiger partial charge on any atom is -0.476 e. The molecule has 3 rings (SSSR count). The first-order valence-corrected chi connectivity index (χ1v) is 9.10. The molecular formula is C18H25N5O3. The van der Waals surface area contributed by atoms with E-state index < -0.39 is 5.97 Å². The number of aryl methyl sites for hydroxylation is 2. The van der Waals surface area contributed by atoms with Crippen molar-refractivity contribution in [3.8, 4) is 0 Å². The third-order valence-electron chi connectivity index (χ3n) is 4.71. The average Bonchev–Trinajstić information content (AvgIpc) is 2.93. The highest BCUT2D eigenvalue weighted by Gasteiger charge is 2.28. The molecule has 2 aromatic rings.